The predicted molar refractivity (Wildman–Crippen MR) is 94.4 cm³/mol. The minimum atomic E-state index is 0.469. The highest BCUT2D eigenvalue weighted by Crippen LogP contribution is 2.31. The van der Waals surface area contributed by atoms with Crippen LogP contribution in [0.4, 0.5) is 0 Å². The van der Waals surface area contributed by atoms with Crippen LogP contribution in [0.2, 0.25) is 0 Å². The number of nitrogens with zero attached hydrogens (tertiary/aromatic N) is 1. The van der Waals surface area contributed by atoms with E-state index >= 15 is 0 Å². The number of thiazole rings is 1. The van der Waals surface area contributed by atoms with Gasteiger partial charge in [0.1, 0.15) is 5.01 Å². The summed E-state index contributed by atoms with van der Waals surface area (Å²) in [6, 6.07) is 13.5. The van der Waals surface area contributed by atoms with Crippen LogP contribution in [0, 0.1) is 0 Å². The molecule has 2 nitrogen and oxygen atoms in total. The first-order valence-corrected chi connectivity index (χ1v) is 9.45. The summed E-state index contributed by atoms with van der Waals surface area (Å²) >= 11 is 3.49. The molecule has 0 spiro atoms. The summed E-state index contributed by atoms with van der Waals surface area (Å²) in [7, 11) is 0. The number of benzene rings is 1. The van der Waals surface area contributed by atoms with Crippen LogP contribution in [0.15, 0.2) is 47.2 Å². The van der Waals surface area contributed by atoms with Gasteiger partial charge >= 0.3 is 0 Å². The molecule has 2 aromatic heterocycles. The molecule has 112 valence electrons. The first kappa shape index (κ1) is 14.1. The lowest BCUT2D eigenvalue weighted by atomic mass is 9.88. The summed E-state index contributed by atoms with van der Waals surface area (Å²) < 4.78 is 0. The van der Waals surface area contributed by atoms with Crippen molar-refractivity contribution in [3.8, 4) is 9.88 Å². The molecule has 3 aromatic rings. The van der Waals surface area contributed by atoms with Gasteiger partial charge in [0.2, 0.25) is 0 Å². The third-order valence-corrected chi connectivity index (χ3v) is 6.11. The number of hydrogen-bond acceptors (Lipinski definition) is 4. The average Bonchev–Trinajstić information content (AvgIpc) is 3.24. The van der Waals surface area contributed by atoms with Gasteiger partial charge in [0.05, 0.1) is 10.6 Å². The molecule has 0 radical (unpaired) electrons. The molecule has 2 heterocycles. The quantitative estimate of drug-likeness (QED) is 0.726. The fraction of sp³-hybridized carbons (Fsp3) is 0.278. The number of rotatable bonds is 4. The molecule has 0 fully saturated rings. The third-order valence-electron chi connectivity index (χ3n) is 4.18. The highest BCUT2D eigenvalue weighted by atomic mass is 32.1. The molecule has 1 atom stereocenters. The van der Waals surface area contributed by atoms with Gasteiger partial charge in [0.25, 0.3) is 0 Å². The van der Waals surface area contributed by atoms with E-state index in [1.165, 1.54) is 35.3 Å². The first-order chi connectivity index (χ1) is 10.9. The summed E-state index contributed by atoms with van der Waals surface area (Å²) in [5.41, 5.74) is 4.13. The van der Waals surface area contributed by atoms with Gasteiger partial charge in [0, 0.05) is 18.0 Å². The predicted octanol–water partition coefficient (Wildman–Crippen LogP) is 5.04. The zero-order valence-corrected chi connectivity index (χ0v) is 13.9. The summed E-state index contributed by atoms with van der Waals surface area (Å²) in [5, 5.41) is 9.12. The van der Waals surface area contributed by atoms with Crippen molar-refractivity contribution in [3.63, 3.8) is 0 Å². The van der Waals surface area contributed by atoms with E-state index in [2.05, 4.69) is 52.5 Å². The van der Waals surface area contributed by atoms with Gasteiger partial charge in [0.15, 0.2) is 0 Å². The molecule has 0 saturated carbocycles. The Kier molecular flexibility index (Phi) is 4.06. The van der Waals surface area contributed by atoms with E-state index in [1.54, 1.807) is 22.7 Å². The molecule has 1 aliphatic rings. The summed E-state index contributed by atoms with van der Waals surface area (Å²) in [5.74, 6) is 0. The van der Waals surface area contributed by atoms with E-state index in [0.29, 0.717) is 6.04 Å². The minimum absolute atomic E-state index is 0.469. The average molecular weight is 326 g/mol. The van der Waals surface area contributed by atoms with Crippen molar-refractivity contribution < 1.29 is 0 Å². The molecule has 4 heteroatoms. The van der Waals surface area contributed by atoms with Gasteiger partial charge in [-0.25, -0.2) is 4.98 Å². The molecular weight excluding hydrogens is 308 g/mol. The minimum Gasteiger partial charge on any atom is -0.304 e. The Balaban J connectivity index is 1.45. The molecule has 1 aromatic carbocycles. The number of aryl methyl sites for hydroxylation is 1. The van der Waals surface area contributed by atoms with Gasteiger partial charge in [-0.3, -0.25) is 0 Å². The normalized spacial score (nSPS) is 17.4. The summed E-state index contributed by atoms with van der Waals surface area (Å²) in [6.07, 6.45) is 3.71. The van der Waals surface area contributed by atoms with Crippen molar-refractivity contribution >= 4 is 22.7 Å². The van der Waals surface area contributed by atoms with Crippen molar-refractivity contribution in [2.24, 2.45) is 0 Å². The molecule has 0 bridgehead atoms. The van der Waals surface area contributed by atoms with Crippen molar-refractivity contribution in [2.75, 3.05) is 0 Å². The van der Waals surface area contributed by atoms with Crippen LogP contribution in [0.25, 0.3) is 9.88 Å². The molecular formula is C18H18N2S2. The monoisotopic (exact) mass is 326 g/mol. The standard InChI is InChI=1S/C18H18N2S2/c1-2-7-15-13(5-1)6-3-8-16(15)19-11-14-12-22-18(20-14)17-9-4-10-21-17/h1-2,4-5,7,9-10,12,16,19H,3,6,8,11H2/t16-/m0/s1. The SMILES string of the molecule is c1csc(-c2nc(CN[C@H]3CCCc4ccccc43)cs2)c1. The molecule has 1 aliphatic carbocycles. The summed E-state index contributed by atoms with van der Waals surface area (Å²) in [6.45, 7) is 0.848. The zero-order chi connectivity index (χ0) is 14.8. The van der Waals surface area contributed by atoms with E-state index in [9.17, 15) is 0 Å². The molecule has 0 aliphatic heterocycles. The van der Waals surface area contributed by atoms with E-state index < -0.39 is 0 Å². The lowest BCUT2D eigenvalue weighted by Gasteiger charge is -2.26. The van der Waals surface area contributed by atoms with Crippen LogP contribution in [0.5, 0.6) is 0 Å². The van der Waals surface area contributed by atoms with Gasteiger partial charge < -0.3 is 5.32 Å². The fourth-order valence-corrected chi connectivity index (χ4v) is 4.73. The van der Waals surface area contributed by atoms with Gasteiger partial charge in [-0.05, 0) is 41.8 Å². The van der Waals surface area contributed by atoms with Crippen LogP contribution in [0.3, 0.4) is 0 Å². The lowest BCUT2D eigenvalue weighted by molar-refractivity contribution is 0.457. The molecule has 0 unspecified atom stereocenters. The third kappa shape index (κ3) is 2.86. The topological polar surface area (TPSA) is 24.9 Å². The van der Waals surface area contributed by atoms with E-state index in [1.807, 2.05) is 0 Å². The summed E-state index contributed by atoms with van der Waals surface area (Å²) in [4.78, 5) is 6.02. The van der Waals surface area contributed by atoms with E-state index in [-0.39, 0.29) is 0 Å². The largest absolute Gasteiger partial charge is 0.304 e. The molecule has 0 amide bonds. The molecule has 1 N–H and O–H groups in total. The number of fused-ring (bicyclic) bond motifs is 1. The highest BCUT2D eigenvalue weighted by Gasteiger charge is 2.19. The maximum Gasteiger partial charge on any atom is 0.133 e. The van der Waals surface area contributed by atoms with Gasteiger partial charge in [-0.15, -0.1) is 22.7 Å². The van der Waals surface area contributed by atoms with Crippen molar-refractivity contribution in [1.29, 1.82) is 0 Å². The Morgan fingerprint density at radius 3 is 3.00 bits per heavy atom. The van der Waals surface area contributed by atoms with Crippen LogP contribution in [0.1, 0.15) is 35.7 Å². The van der Waals surface area contributed by atoms with Crippen molar-refractivity contribution in [2.45, 2.75) is 31.8 Å². The Bertz CT molecular complexity index is 746. The highest BCUT2D eigenvalue weighted by molar-refractivity contribution is 7.20. The fourth-order valence-electron chi connectivity index (χ4n) is 3.10. The van der Waals surface area contributed by atoms with Crippen LogP contribution in [-0.4, -0.2) is 4.98 Å². The zero-order valence-electron chi connectivity index (χ0n) is 12.3. The maximum atomic E-state index is 4.76. The van der Waals surface area contributed by atoms with E-state index in [4.69, 9.17) is 4.98 Å². The molecule has 0 saturated heterocycles. The lowest BCUT2D eigenvalue weighted by Crippen LogP contribution is -2.24. The van der Waals surface area contributed by atoms with Gasteiger partial charge in [-0.1, -0.05) is 30.3 Å². The second kappa shape index (κ2) is 6.32. The Morgan fingerprint density at radius 2 is 2.09 bits per heavy atom. The maximum absolute atomic E-state index is 4.76. The molecule has 22 heavy (non-hydrogen) atoms. The van der Waals surface area contributed by atoms with Gasteiger partial charge in [-0.2, -0.15) is 0 Å². The second-order valence-electron chi connectivity index (χ2n) is 5.65. The van der Waals surface area contributed by atoms with E-state index in [0.717, 1.165) is 17.2 Å². The number of nitrogens with one attached hydrogen (secondary N) is 1. The van der Waals surface area contributed by atoms with Crippen LogP contribution < -0.4 is 5.32 Å². The van der Waals surface area contributed by atoms with Crippen molar-refractivity contribution in [3.05, 3.63) is 64.0 Å². The van der Waals surface area contributed by atoms with Crippen LogP contribution in [-0.2, 0) is 13.0 Å². The molecule has 4 rings (SSSR count). The van der Waals surface area contributed by atoms with Crippen LogP contribution >= 0.6 is 22.7 Å². The number of thiophene rings is 1. The Labute approximate surface area is 138 Å². The van der Waals surface area contributed by atoms with Crippen molar-refractivity contribution in [1.82, 2.24) is 10.3 Å². The first-order valence-electron chi connectivity index (χ1n) is 7.69. The Hall–Kier alpha value is -1.49. The number of aromatic nitrogens is 1. The number of hydrogen-bond donors (Lipinski definition) is 1. The smallest absolute Gasteiger partial charge is 0.133 e. The second-order valence-corrected chi connectivity index (χ2v) is 7.45. The Morgan fingerprint density at radius 1 is 1.14 bits per heavy atom.